The summed E-state index contributed by atoms with van der Waals surface area (Å²) in [4.78, 5) is 0. The molecule has 2 N–H and O–H groups in total. The number of rotatable bonds is 4. The van der Waals surface area contributed by atoms with Gasteiger partial charge in [0.2, 0.25) is 0 Å². The van der Waals surface area contributed by atoms with Crippen molar-refractivity contribution in [1.29, 1.82) is 0 Å². The van der Waals surface area contributed by atoms with Gasteiger partial charge in [-0.05, 0) is 24.0 Å². The third-order valence-electron chi connectivity index (χ3n) is 2.42. The highest BCUT2D eigenvalue weighted by atomic mass is 32.2. The van der Waals surface area contributed by atoms with Crippen molar-refractivity contribution in [3.8, 4) is 0 Å². The van der Waals surface area contributed by atoms with Crippen LogP contribution in [0, 0.1) is 5.92 Å². The molecule has 0 bridgehead atoms. The predicted molar refractivity (Wildman–Crippen MR) is 59.1 cm³/mol. The van der Waals surface area contributed by atoms with E-state index in [1.807, 2.05) is 11.8 Å². The second kappa shape index (κ2) is 5.89. The van der Waals surface area contributed by atoms with Crippen molar-refractivity contribution >= 4 is 11.8 Å². The van der Waals surface area contributed by atoms with Gasteiger partial charge >= 0.3 is 0 Å². The smallest absolute Gasteiger partial charge is 0.0509 e. The fourth-order valence-electron chi connectivity index (χ4n) is 1.54. The fourth-order valence-corrected chi connectivity index (χ4v) is 2.42. The molecule has 13 heavy (non-hydrogen) atoms. The minimum atomic E-state index is 0.327. The van der Waals surface area contributed by atoms with Crippen molar-refractivity contribution in [2.75, 3.05) is 19.0 Å². The van der Waals surface area contributed by atoms with Gasteiger partial charge in [0, 0.05) is 18.4 Å². The van der Waals surface area contributed by atoms with Crippen molar-refractivity contribution < 1.29 is 4.74 Å². The van der Waals surface area contributed by atoms with E-state index in [1.165, 1.54) is 12.8 Å². The van der Waals surface area contributed by atoms with Crippen LogP contribution in [0.25, 0.3) is 0 Å². The molecule has 1 fully saturated rings. The molecule has 1 aliphatic rings. The highest BCUT2D eigenvalue weighted by Crippen LogP contribution is 2.20. The molecule has 0 aliphatic carbocycles. The highest BCUT2D eigenvalue weighted by Gasteiger charge is 2.20. The van der Waals surface area contributed by atoms with E-state index in [4.69, 9.17) is 10.5 Å². The Morgan fingerprint density at radius 1 is 1.54 bits per heavy atom. The highest BCUT2D eigenvalue weighted by molar-refractivity contribution is 7.99. The van der Waals surface area contributed by atoms with E-state index in [2.05, 4.69) is 13.8 Å². The Morgan fingerprint density at radius 3 is 2.85 bits per heavy atom. The Morgan fingerprint density at radius 2 is 2.31 bits per heavy atom. The Bertz CT molecular complexity index is 135. The van der Waals surface area contributed by atoms with Crippen LogP contribution < -0.4 is 5.73 Å². The molecule has 2 atom stereocenters. The summed E-state index contributed by atoms with van der Waals surface area (Å²) in [6.07, 6.45) is 2.44. The molecule has 3 heteroatoms. The zero-order valence-electron chi connectivity index (χ0n) is 8.66. The van der Waals surface area contributed by atoms with Crippen LogP contribution in [0.5, 0.6) is 0 Å². The van der Waals surface area contributed by atoms with E-state index in [9.17, 15) is 0 Å². The third kappa shape index (κ3) is 4.34. The summed E-state index contributed by atoms with van der Waals surface area (Å²) >= 11 is 1.95. The first-order valence-electron chi connectivity index (χ1n) is 5.15. The Labute approximate surface area is 85.6 Å². The lowest BCUT2D eigenvalue weighted by molar-refractivity contribution is 0.0478. The van der Waals surface area contributed by atoms with Gasteiger partial charge in [-0.2, -0.15) is 11.8 Å². The normalized spacial score (nSPS) is 26.3. The van der Waals surface area contributed by atoms with Crippen LogP contribution in [0.1, 0.15) is 26.7 Å². The van der Waals surface area contributed by atoms with Crippen LogP contribution in [0.15, 0.2) is 0 Å². The molecule has 1 rings (SSSR count). The summed E-state index contributed by atoms with van der Waals surface area (Å²) in [5.41, 5.74) is 6.10. The van der Waals surface area contributed by atoms with Gasteiger partial charge in [0.25, 0.3) is 0 Å². The summed E-state index contributed by atoms with van der Waals surface area (Å²) in [6.45, 7) is 6.24. The van der Waals surface area contributed by atoms with Gasteiger partial charge in [0.05, 0.1) is 6.61 Å². The third-order valence-corrected chi connectivity index (χ3v) is 3.67. The summed E-state index contributed by atoms with van der Waals surface area (Å²) in [7, 11) is 0. The van der Waals surface area contributed by atoms with E-state index >= 15 is 0 Å². The molecule has 1 aliphatic heterocycles. The lowest BCUT2D eigenvalue weighted by Gasteiger charge is -2.27. The second-order valence-electron chi connectivity index (χ2n) is 4.02. The maximum absolute atomic E-state index is 6.10. The summed E-state index contributed by atoms with van der Waals surface area (Å²) < 4.78 is 5.42. The van der Waals surface area contributed by atoms with Crippen LogP contribution >= 0.6 is 11.8 Å². The molecule has 1 heterocycles. The van der Waals surface area contributed by atoms with Gasteiger partial charge in [-0.25, -0.2) is 0 Å². The molecule has 0 aromatic heterocycles. The van der Waals surface area contributed by atoms with E-state index in [0.717, 1.165) is 19.0 Å². The minimum absolute atomic E-state index is 0.327. The lowest BCUT2D eigenvalue weighted by Crippen LogP contribution is -2.37. The van der Waals surface area contributed by atoms with Crippen molar-refractivity contribution in [3.05, 3.63) is 0 Å². The number of thioether (sulfide) groups is 1. The van der Waals surface area contributed by atoms with Gasteiger partial charge in [-0.1, -0.05) is 13.8 Å². The summed E-state index contributed by atoms with van der Waals surface area (Å²) in [5, 5.41) is 0.690. The van der Waals surface area contributed by atoms with Gasteiger partial charge in [-0.15, -0.1) is 0 Å². The predicted octanol–water partition coefficient (Wildman–Crippen LogP) is 1.88. The fraction of sp³-hybridized carbons (Fsp3) is 1.00. The molecular weight excluding hydrogens is 182 g/mol. The van der Waals surface area contributed by atoms with Crippen molar-refractivity contribution in [1.82, 2.24) is 0 Å². The largest absolute Gasteiger partial charge is 0.381 e. The quantitative estimate of drug-likeness (QED) is 0.758. The number of ether oxygens (including phenoxy) is 1. The molecule has 2 unspecified atom stereocenters. The molecule has 0 saturated carbocycles. The van der Waals surface area contributed by atoms with Crippen LogP contribution in [-0.4, -0.2) is 30.3 Å². The first kappa shape index (κ1) is 11.3. The zero-order chi connectivity index (χ0) is 9.68. The lowest BCUT2D eigenvalue weighted by atomic mass is 9.96. The maximum atomic E-state index is 6.10. The van der Waals surface area contributed by atoms with Crippen molar-refractivity contribution in [3.63, 3.8) is 0 Å². The number of nitrogens with two attached hydrogens (primary N) is 1. The summed E-state index contributed by atoms with van der Waals surface area (Å²) in [6, 6.07) is 0.327. The molecule has 2 nitrogen and oxygen atoms in total. The Balaban J connectivity index is 2.17. The molecule has 0 radical (unpaired) electrons. The maximum Gasteiger partial charge on any atom is 0.0509 e. The van der Waals surface area contributed by atoms with Gasteiger partial charge in [0.15, 0.2) is 0 Å². The molecular formula is C10H21NOS. The van der Waals surface area contributed by atoms with E-state index in [0.29, 0.717) is 17.2 Å². The number of hydrogen-bond donors (Lipinski definition) is 1. The average molecular weight is 203 g/mol. The van der Waals surface area contributed by atoms with Crippen molar-refractivity contribution in [2.24, 2.45) is 11.7 Å². The van der Waals surface area contributed by atoms with Crippen molar-refractivity contribution in [2.45, 2.75) is 38.0 Å². The van der Waals surface area contributed by atoms with Crippen LogP contribution in [0.3, 0.4) is 0 Å². The van der Waals surface area contributed by atoms with Crippen LogP contribution in [0.2, 0.25) is 0 Å². The van der Waals surface area contributed by atoms with Gasteiger partial charge in [0.1, 0.15) is 0 Å². The summed E-state index contributed by atoms with van der Waals surface area (Å²) in [5.74, 6) is 1.67. The zero-order valence-corrected chi connectivity index (χ0v) is 9.48. The molecule has 0 aromatic carbocycles. The van der Waals surface area contributed by atoms with Crippen LogP contribution in [0.4, 0.5) is 0 Å². The molecule has 0 aromatic rings. The Hall–Kier alpha value is 0.270. The first-order valence-corrected chi connectivity index (χ1v) is 6.20. The topological polar surface area (TPSA) is 35.2 Å². The van der Waals surface area contributed by atoms with Crippen LogP contribution in [-0.2, 0) is 4.74 Å². The first-order chi connectivity index (χ1) is 6.20. The second-order valence-corrected chi connectivity index (χ2v) is 5.63. The molecule has 0 spiro atoms. The molecule has 1 saturated heterocycles. The molecule has 78 valence electrons. The standard InChI is InChI=1S/C10H21NOS/c1-8(2)13-7-10(11)9-4-3-5-12-6-9/h8-10H,3-7,11H2,1-2H3. The monoisotopic (exact) mass is 203 g/mol. The van der Waals surface area contributed by atoms with E-state index in [-0.39, 0.29) is 0 Å². The van der Waals surface area contributed by atoms with E-state index < -0.39 is 0 Å². The average Bonchev–Trinajstić information content (AvgIpc) is 2.15. The minimum Gasteiger partial charge on any atom is -0.381 e. The van der Waals surface area contributed by atoms with Gasteiger partial charge < -0.3 is 10.5 Å². The molecule has 0 amide bonds. The SMILES string of the molecule is CC(C)SCC(N)C1CCCOC1. The van der Waals surface area contributed by atoms with E-state index in [1.54, 1.807) is 0 Å². The Kier molecular flexibility index (Phi) is 5.14. The number of hydrogen-bond acceptors (Lipinski definition) is 3. The van der Waals surface area contributed by atoms with Gasteiger partial charge in [-0.3, -0.25) is 0 Å².